The van der Waals surface area contributed by atoms with Gasteiger partial charge in [0.05, 0.1) is 13.1 Å². The molecule has 1 aliphatic rings. The van der Waals surface area contributed by atoms with Gasteiger partial charge in [-0.05, 0) is 24.3 Å². The monoisotopic (exact) mass is 197 g/mol. The SMILES string of the molecule is O=Cc1ccc(N2CC(F)(F)C2)cc1. The van der Waals surface area contributed by atoms with Crippen molar-refractivity contribution in [3.8, 4) is 0 Å². The summed E-state index contributed by atoms with van der Waals surface area (Å²) in [7, 11) is 0. The molecule has 14 heavy (non-hydrogen) atoms. The Labute approximate surface area is 80.1 Å². The molecule has 2 rings (SSSR count). The Balaban J connectivity index is 2.08. The van der Waals surface area contributed by atoms with Crippen LogP contribution in [0.5, 0.6) is 0 Å². The van der Waals surface area contributed by atoms with Crippen LogP contribution in [-0.2, 0) is 0 Å². The van der Waals surface area contributed by atoms with Crippen molar-refractivity contribution in [1.82, 2.24) is 0 Å². The van der Waals surface area contributed by atoms with Crippen LogP contribution in [0.4, 0.5) is 14.5 Å². The average molecular weight is 197 g/mol. The molecule has 1 fully saturated rings. The van der Waals surface area contributed by atoms with E-state index in [0.717, 1.165) is 12.0 Å². The average Bonchev–Trinajstić information content (AvgIpc) is 2.14. The van der Waals surface area contributed by atoms with Gasteiger partial charge in [0, 0.05) is 11.3 Å². The lowest BCUT2D eigenvalue weighted by atomic mass is 10.1. The maximum absolute atomic E-state index is 12.5. The summed E-state index contributed by atoms with van der Waals surface area (Å²) >= 11 is 0. The molecule has 1 aliphatic heterocycles. The van der Waals surface area contributed by atoms with Gasteiger partial charge in [0.2, 0.25) is 0 Å². The molecule has 0 bridgehead atoms. The smallest absolute Gasteiger partial charge is 0.282 e. The predicted molar refractivity (Wildman–Crippen MR) is 49.0 cm³/mol. The van der Waals surface area contributed by atoms with Crippen molar-refractivity contribution in [2.45, 2.75) is 5.92 Å². The lowest BCUT2D eigenvalue weighted by molar-refractivity contribution is -0.0262. The molecule has 1 aromatic rings. The number of nitrogens with zero attached hydrogens (tertiary/aromatic N) is 1. The molecule has 0 radical (unpaired) electrons. The number of hydrogen-bond acceptors (Lipinski definition) is 2. The van der Waals surface area contributed by atoms with E-state index in [1.54, 1.807) is 29.2 Å². The van der Waals surface area contributed by atoms with Gasteiger partial charge in [-0.25, -0.2) is 8.78 Å². The molecular weight excluding hydrogens is 188 g/mol. The van der Waals surface area contributed by atoms with E-state index in [1.807, 2.05) is 0 Å². The van der Waals surface area contributed by atoms with E-state index in [1.165, 1.54) is 0 Å². The first-order chi connectivity index (χ1) is 6.61. The van der Waals surface area contributed by atoms with Crippen molar-refractivity contribution in [3.05, 3.63) is 29.8 Å². The second-order valence-corrected chi connectivity index (χ2v) is 3.42. The molecule has 0 unspecified atom stereocenters. The van der Waals surface area contributed by atoms with Gasteiger partial charge in [-0.1, -0.05) is 0 Å². The third kappa shape index (κ3) is 1.60. The van der Waals surface area contributed by atoms with Crippen molar-refractivity contribution < 1.29 is 13.6 Å². The summed E-state index contributed by atoms with van der Waals surface area (Å²) in [6, 6.07) is 6.61. The van der Waals surface area contributed by atoms with Crippen LogP contribution in [0.25, 0.3) is 0 Å². The zero-order valence-electron chi connectivity index (χ0n) is 7.41. The van der Waals surface area contributed by atoms with E-state index in [-0.39, 0.29) is 13.1 Å². The van der Waals surface area contributed by atoms with E-state index in [9.17, 15) is 13.6 Å². The fraction of sp³-hybridized carbons (Fsp3) is 0.300. The lowest BCUT2D eigenvalue weighted by Gasteiger charge is -2.40. The van der Waals surface area contributed by atoms with Crippen LogP contribution in [0, 0.1) is 0 Å². The van der Waals surface area contributed by atoms with E-state index < -0.39 is 5.92 Å². The molecule has 1 aromatic carbocycles. The number of halogens is 2. The van der Waals surface area contributed by atoms with E-state index in [4.69, 9.17) is 0 Å². The molecule has 0 N–H and O–H groups in total. The van der Waals surface area contributed by atoms with Gasteiger partial charge in [-0.2, -0.15) is 0 Å². The quantitative estimate of drug-likeness (QED) is 0.675. The van der Waals surface area contributed by atoms with Crippen LogP contribution in [0.2, 0.25) is 0 Å². The highest BCUT2D eigenvalue weighted by molar-refractivity contribution is 5.75. The molecule has 0 spiro atoms. The van der Waals surface area contributed by atoms with Crippen molar-refractivity contribution in [2.24, 2.45) is 0 Å². The minimum atomic E-state index is -2.55. The summed E-state index contributed by atoms with van der Waals surface area (Å²) in [5, 5.41) is 0. The zero-order valence-corrected chi connectivity index (χ0v) is 7.41. The maximum Gasteiger partial charge on any atom is 0.282 e. The first-order valence-corrected chi connectivity index (χ1v) is 4.29. The molecule has 0 amide bonds. The van der Waals surface area contributed by atoms with Crippen LogP contribution in [-0.4, -0.2) is 25.3 Å². The van der Waals surface area contributed by atoms with Crippen molar-refractivity contribution in [3.63, 3.8) is 0 Å². The normalized spacial score (nSPS) is 18.9. The van der Waals surface area contributed by atoms with Gasteiger partial charge in [-0.3, -0.25) is 4.79 Å². The first kappa shape index (κ1) is 9.12. The number of alkyl halides is 2. The standard InChI is InChI=1S/C10H9F2NO/c11-10(12)6-13(7-10)9-3-1-8(5-14)2-4-9/h1-5H,6-7H2. The highest BCUT2D eigenvalue weighted by Gasteiger charge is 2.43. The van der Waals surface area contributed by atoms with Crippen LogP contribution in [0.1, 0.15) is 10.4 Å². The van der Waals surface area contributed by atoms with Crippen LogP contribution < -0.4 is 4.90 Å². The van der Waals surface area contributed by atoms with Crippen LogP contribution in [0.3, 0.4) is 0 Å². The Morgan fingerprint density at radius 1 is 1.21 bits per heavy atom. The van der Waals surface area contributed by atoms with E-state index in [2.05, 4.69) is 0 Å². The largest absolute Gasteiger partial charge is 0.359 e. The molecule has 2 nitrogen and oxygen atoms in total. The highest BCUT2D eigenvalue weighted by Crippen LogP contribution is 2.31. The van der Waals surface area contributed by atoms with Gasteiger partial charge in [-0.15, -0.1) is 0 Å². The van der Waals surface area contributed by atoms with Crippen molar-refractivity contribution in [1.29, 1.82) is 0 Å². The number of carbonyl (C=O) groups excluding carboxylic acids is 1. The Hall–Kier alpha value is -1.45. The number of aldehydes is 1. The zero-order chi connectivity index (χ0) is 10.2. The summed E-state index contributed by atoms with van der Waals surface area (Å²) in [5.41, 5.74) is 1.29. The van der Waals surface area contributed by atoms with Crippen molar-refractivity contribution >= 4 is 12.0 Å². The number of benzene rings is 1. The Morgan fingerprint density at radius 2 is 1.79 bits per heavy atom. The minimum Gasteiger partial charge on any atom is -0.359 e. The second-order valence-electron chi connectivity index (χ2n) is 3.42. The Morgan fingerprint density at radius 3 is 2.21 bits per heavy atom. The third-order valence-electron chi connectivity index (χ3n) is 2.24. The van der Waals surface area contributed by atoms with Gasteiger partial charge < -0.3 is 4.90 Å². The predicted octanol–water partition coefficient (Wildman–Crippen LogP) is 1.95. The molecule has 0 saturated carbocycles. The van der Waals surface area contributed by atoms with Crippen molar-refractivity contribution in [2.75, 3.05) is 18.0 Å². The third-order valence-corrected chi connectivity index (χ3v) is 2.24. The van der Waals surface area contributed by atoms with E-state index in [0.29, 0.717) is 5.56 Å². The van der Waals surface area contributed by atoms with Gasteiger partial charge in [0.25, 0.3) is 5.92 Å². The number of anilines is 1. The summed E-state index contributed by atoms with van der Waals surface area (Å²) in [5.74, 6) is -2.55. The molecule has 0 atom stereocenters. The summed E-state index contributed by atoms with van der Waals surface area (Å²) in [6.07, 6.45) is 0.731. The van der Waals surface area contributed by atoms with Gasteiger partial charge in [0.1, 0.15) is 6.29 Å². The number of carbonyl (C=O) groups is 1. The molecule has 74 valence electrons. The Kier molecular flexibility index (Phi) is 1.98. The van der Waals surface area contributed by atoms with Crippen LogP contribution >= 0.6 is 0 Å². The van der Waals surface area contributed by atoms with Crippen LogP contribution in [0.15, 0.2) is 24.3 Å². The summed E-state index contributed by atoms with van der Waals surface area (Å²) in [4.78, 5) is 11.9. The topological polar surface area (TPSA) is 20.3 Å². The maximum atomic E-state index is 12.5. The minimum absolute atomic E-state index is 0.229. The molecule has 1 saturated heterocycles. The number of hydrogen-bond donors (Lipinski definition) is 0. The lowest BCUT2D eigenvalue weighted by Crippen LogP contribution is -2.56. The summed E-state index contributed by atoms with van der Waals surface area (Å²) in [6.45, 7) is -0.457. The summed E-state index contributed by atoms with van der Waals surface area (Å²) < 4.78 is 25.0. The van der Waals surface area contributed by atoms with E-state index >= 15 is 0 Å². The molecule has 0 aliphatic carbocycles. The first-order valence-electron chi connectivity index (χ1n) is 4.29. The highest BCUT2D eigenvalue weighted by atomic mass is 19.3. The van der Waals surface area contributed by atoms with Gasteiger partial charge >= 0.3 is 0 Å². The molecule has 0 aromatic heterocycles. The fourth-order valence-corrected chi connectivity index (χ4v) is 1.46. The fourth-order valence-electron chi connectivity index (χ4n) is 1.46. The van der Waals surface area contributed by atoms with Gasteiger partial charge in [0.15, 0.2) is 0 Å². The molecule has 4 heteroatoms. The number of rotatable bonds is 2. The molecule has 1 heterocycles. The second kappa shape index (κ2) is 3.04. The molecular formula is C10H9F2NO. The Bertz CT molecular complexity index is 340.